The van der Waals surface area contributed by atoms with Gasteiger partial charge in [-0.1, -0.05) is 23.5 Å². The van der Waals surface area contributed by atoms with E-state index in [4.69, 9.17) is 0 Å². The molecule has 4 rings (SSSR count). The van der Waals surface area contributed by atoms with Gasteiger partial charge < -0.3 is 9.88 Å². The maximum absolute atomic E-state index is 12.7. The van der Waals surface area contributed by atoms with Crippen molar-refractivity contribution >= 4 is 32.6 Å². The summed E-state index contributed by atoms with van der Waals surface area (Å²) in [6.45, 7) is 5.03. The molecule has 0 unspecified atom stereocenters. The zero-order valence-electron chi connectivity index (χ0n) is 16.3. The summed E-state index contributed by atoms with van der Waals surface area (Å²) < 4.78 is 3.24. The smallest absolute Gasteiger partial charge is 0.243 e. The third kappa shape index (κ3) is 4.59. The summed E-state index contributed by atoms with van der Waals surface area (Å²) in [4.78, 5) is 23.6. The van der Waals surface area contributed by atoms with Crippen molar-refractivity contribution < 1.29 is 4.79 Å². The molecule has 3 aromatic rings. The van der Waals surface area contributed by atoms with E-state index in [2.05, 4.69) is 24.8 Å². The summed E-state index contributed by atoms with van der Waals surface area (Å²) in [7, 11) is 0. The molecule has 28 heavy (non-hydrogen) atoms. The molecule has 2 aromatic heterocycles. The average molecular weight is 398 g/mol. The second-order valence-electron chi connectivity index (χ2n) is 7.57. The van der Waals surface area contributed by atoms with Crippen LogP contribution < -0.4 is 5.32 Å². The molecule has 0 spiro atoms. The zero-order chi connectivity index (χ0) is 19.3. The quantitative estimate of drug-likeness (QED) is 0.654. The lowest BCUT2D eigenvalue weighted by Gasteiger charge is -2.35. The highest BCUT2D eigenvalue weighted by Gasteiger charge is 2.27. The van der Waals surface area contributed by atoms with E-state index in [0.29, 0.717) is 5.13 Å². The summed E-state index contributed by atoms with van der Waals surface area (Å²) >= 11 is 1.53. The number of piperidine rings is 1. The van der Waals surface area contributed by atoms with Gasteiger partial charge in [0.15, 0.2) is 5.13 Å². The second kappa shape index (κ2) is 8.84. The average Bonchev–Trinajstić information content (AvgIpc) is 3.37. The standard InChI is InChI=1S/C21H27N5OS/c1-16(20(27)24-21-23-18-6-2-3-7-19(18)28-21)26-12-8-17(9-13-26)5-4-11-25-14-10-22-15-25/h2-3,6-7,10,14-17H,4-5,8-9,11-13H2,1H3,(H,23,24,27)/t16-/m1/s1. The minimum Gasteiger partial charge on any atom is -0.337 e. The molecule has 0 radical (unpaired) electrons. The SMILES string of the molecule is C[C@H](C(=O)Nc1nc2ccccc2s1)N1CCC(CCCn2ccnc2)CC1. The molecule has 1 atom stereocenters. The van der Waals surface area contributed by atoms with E-state index in [1.54, 1.807) is 0 Å². The number of amides is 1. The van der Waals surface area contributed by atoms with Crippen LogP contribution in [0.15, 0.2) is 43.0 Å². The van der Waals surface area contributed by atoms with Crippen LogP contribution in [0.4, 0.5) is 5.13 Å². The van der Waals surface area contributed by atoms with E-state index in [0.717, 1.165) is 35.8 Å². The van der Waals surface area contributed by atoms with Crippen LogP contribution in [0, 0.1) is 5.92 Å². The fourth-order valence-corrected chi connectivity index (χ4v) is 4.78. The molecule has 1 aliphatic rings. The number of benzene rings is 1. The number of hydrogen-bond donors (Lipinski definition) is 1. The number of nitrogens with zero attached hydrogens (tertiary/aromatic N) is 4. The number of nitrogens with one attached hydrogen (secondary N) is 1. The molecule has 1 saturated heterocycles. The first-order valence-corrected chi connectivity index (χ1v) is 10.9. The number of carbonyl (C=O) groups is 1. The largest absolute Gasteiger partial charge is 0.337 e. The van der Waals surface area contributed by atoms with Crippen LogP contribution in [0.5, 0.6) is 0 Å². The summed E-state index contributed by atoms with van der Waals surface area (Å²) in [6, 6.07) is 7.84. The van der Waals surface area contributed by atoms with Crippen LogP contribution in [-0.4, -0.2) is 44.5 Å². The number of likely N-dealkylation sites (tertiary alicyclic amines) is 1. The van der Waals surface area contributed by atoms with Gasteiger partial charge >= 0.3 is 0 Å². The number of imidazole rings is 1. The summed E-state index contributed by atoms with van der Waals surface area (Å²) in [5.41, 5.74) is 0.937. The van der Waals surface area contributed by atoms with E-state index in [-0.39, 0.29) is 11.9 Å². The predicted octanol–water partition coefficient (Wildman–Crippen LogP) is 4.01. The first-order chi connectivity index (χ1) is 13.7. The number of anilines is 1. The molecule has 148 valence electrons. The van der Waals surface area contributed by atoms with Gasteiger partial charge in [0.1, 0.15) is 0 Å². The maximum Gasteiger partial charge on any atom is 0.243 e. The molecule has 1 fully saturated rings. The summed E-state index contributed by atoms with van der Waals surface area (Å²) in [5, 5.41) is 3.70. The fraction of sp³-hybridized carbons (Fsp3) is 0.476. The van der Waals surface area contributed by atoms with Crippen molar-refractivity contribution in [2.75, 3.05) is 18.4 Å². The Morgan fingerprint density at radius 1 is 1.32 bits per heavy atom. The van der Waals surface area contributed by atoms with Crippen molar-refractivity contribution in [1.29, 1.82) is 0 Å². The van der Waals surface area contributed by atoms with E-state index >= 15 is 0 Å². The van der Waals surface area contributed by atoms with Gasteiger partial charge in [0, 0.05) is 18.9 Å². The van der Waals surface area contributed by atoms with Gasteiger partial charge in [-0.15, -0.1) is 0 Å². The normalized spacial score (nSPS) is 17.0. The van der Waals surface area contributed by atoms with Gasteiger partial charge in [0.2, 0.25) is 5.91 Å². The Morgan fingerprint density at radius 3 is 2.89 bits per heavy atom. The first-order valence-electron chi connectivity index (χ1n) is 10.1. The molecule has 1 aromatic carbocycles. The minimum absolute atomic E-state index is 0.0395. The number of thiazole rings is 1. The Kier molecular flexibility index (Phi) is 6.02. The topological polar surface area (TPSA) is 63.1 Å². The lowest BCUT2D eigenvalue weighted by molar-refractivity contribution is -0.121. The number of hydrogen-bond acceptors (Lipinski definition) is 5. The third-order valence-corrected chi connectivity index (χ3v) is 6.64. The van der Waals surface area contributed by atoms with Gasteiger partial charge in [-0.3, -0.25) is 9.69 Å². The number of rotatable bonds is 7. The van der Waals surface area contributed by atoms with Crippen LogP contribution >= 0.6 is 11.3 Å². The van der Waals surface area contributed by atoms with Crippen molar-refractivity contribution in [3.05, 3.63) is 43.0 Å². The number of aromatic nitrogens is 3. The Labute approximate surface area is 169 Å². The van der Waals surface area contributed by atoms with Crippen molar-refractivity contribution in [2.24, 2.45) is 5.92 Å². The molecule has 1 N–H and O–H groups in total. The lowest BCUT2D eigenvalue weighted by atomic mass is 9.91. The molecule has 6 nitrogen and oxygen atoms in total. The molecule has 0 saturated carbocycles. The molecule has 1 amide bonds. The molecule has 3 heterocycles. The van der Waals surface area contributed by atoms with Crippen LogP contribution in [0.2, 0.25) is 0 Å². The zero-order valence-corrected chi connectivity index (χ0v) is 17.1. The van der Waals surface area contributed by atoms with Crippen LogP contribution in [0.1, 0.15) is 32.6 Å². The number of aryl methyl sites for hydroxylation is 1. The van der Waals surface area contributed by atoms with Gasteiger partial charge in [-0.25, -0.2) is 9.97 Å². The number of para-hydroxylation sites is 1. The van der Waals surface area contributed by atoms with E-state index in [1.165, 1.54) is 37.0 Å². The van der Waals surface area contributed by atoms with Gasteiger partial charge in [0.25, 0.3) is 0 Å². The van der Waals surface area contributed by atoms with Crippen LogP contribution in [0.3, 0.4) is 0 Å². The summed E-state index contributed by atoms with van der Waals surface area (Å²) in [6.07, 6.45) is 10.5. The molecule has 7 heteroatoms. The van der Waals surface area contributed by atoms with E-state index < -0.39 is 0 Å². The maximum atomic E-state index is 12.7. The second-order valence-corrected chi connectivity index (χ2v) is 8.60. The lowest BCUT2D eigenvalue weighted by Crippen LogP contribution is -2.46. The van der Waals surface area contributed by atoms with E-state index in [9.17, 15) is 4.79 Å². The van der Waals surface area contributed by atoms with Crippen molar-refractivity contribution in [3.8, 4) is 0 Å². The molecule has 0 aliphatic carbocycles. The van der Waals surface area contributed by atoms with Gasteiger partial charge in [0.05, 0.1) is 22.6 Å². The molecule has 0 bridgehead atoms. The Balaban J connectivity index is 1.22. The van der Waals surface area contributed by atoms with Crippen LogP contribution in [-0.2, 0) is 11.3 Å². The highest BCUT2D eigenvalue weighted by molar-refractivity contribution is 7.22. The third-order valence-electron chi connectivity index (χ3n) is 5.69. The van der Waals surface area contributed by atoms with Gasteiger partial charge in [-0.2, -0.15) is 0 Å². The minimum atomic E-state index is -0.126. The van der Waals surface area contributed by atoms with E-state index in [1.807, 2.05) is 49.9 Å². The van der Waals surface area contributed by atoms with Crippen molar-refractivity contribution in [2.45, 2.75) is 45.2 Å². The molecular weight excluding hydrogens is 370 g/mol. The highest BCUT2D eigenvalue weighted by Crippen LogP contribution is 2.27. The fourth-order valence-electron chi connectivity index (χ4n) is 3.91. The van der Waals surface area contributed by atoms with Gasteiger partial charge in [-0.05, 0) is 63.7 Å². The Morgan fingerprint density at radius 2 is 2.14 bits per heavy atom. The number of fused-ring (bicyclic) bond motifs is 1. The summed E-state index contributed by atoms with van der Waals surface area (Å²) in [5.74, 6) is 0.803. The number of carbonyl (C=O) groups excluding carboxylic acids is 1. The molecule has 1 aliphatic heterocycles. The molecular formula is C21H27N5OS. The van der Waals surface area contributed by atoms with Crippen LogP contribution in [0.25, 0.3) is 10.2 Å². The Hall–Kier alpha value is -2.25. The van der Waals surface area contributed by atoms with Crippen molar-refractivity contribution in [3.63, 3.8) is 0 Å². The first kappa shape index (κ1) is 19.1. The van der Waals surface area contributed by atoms with Crippen molar-refractivity contribution in [1.82, 2.24) is 19.4 Å². The highest BCUT2D eigenvalue weighted by atomic mass is 32.1. The monoisotopic (exact) mass is 397 g/mol. The predicted molar refractivity (Wildman–Crippen MR) is 113 cm³/mol. The Bertz CT molecular complexity index is 866.